The second kappa shape index (κ2) is 5.60. The van der Waals surface area contributed by atoms with Gasteiger partial charge in [0.05, 0.1) is 0 Å². The Morgan fingerprint density at radius 1 is 1.38 bits per heavy atom. The lowest BCUT2D eigenvalue weighted by molar-refractivity contribution is -0.216. The van der Waals surface area contributed by atoms with E-state index in [1.807, 2.05) is 0 Å². The zero-order valence-corrected chi connectivity index (χ0v) is 11.8. The first-order chi connectivity index (χ1) is 9.74. The Bertz CT molecular complexity index is 512. The van der Waals surface area contributed by atoms with E-state index in [9.17, 15) is 18.7 Å². The predicted octanol–water partition coefficient (Wildman–Crippen LogP) is 1.99. The highest BCUT2D eigenvalue weighted by molar-refractivity contribution is 5.85. The van der Waals surface area contributed by atoms with Crippen molar-refractivity contribution >= 4 is 5.91 Å². The first-order valence-electron chi connectivity index (χ1n) is 6.94. The van der Waals surface area contributed by atoms with E-state index in [4.69, 9.17) is 5.11 Å². The lowest BCUT2D eigenvalue weighted by atomic mass is 9.75. The van der Waals surface area contributed by atoms with Gasteiger partial charge in [0.25, 0.3) is 5.91 Å². The Balaban J connectivity index is 1.94. The molecule has 1 aliphatic carbocycles. The minimum Gasteiger partial charge on any atom is -0.508 e. The number of hydrogen-bond donors (Lipinski definition) is 3. The first kappa shape index (κ1) is 15.7. The van der Waals surface area contributed by atoms with Crippen LogP contribution >= 0.6 is 0 Å². The third-order valence-corrected chi connectivity index (χ3v) is 3.91. The number of rotatable bonds is 5. The van der Waals surface area contributed by atoms with Crippen molar-refractivity contribution in [1.29, 1.82) is 0 Å². The van der Waals surface area contributed by atoms with Gasteiger partial charge in [-0.1, -0.05) is 12.1 Å². The molecule has 1 unspecified atom stereocenters. The summed E-state index contributed by atoms with van der Waals surface area (Å²) in [7, 11) is 0. The van der Waals surface area contributed by atoms with Crippen LogP contribution in [0, 0.1) is 0 Å². The number of halogens is 2. The maximum atomic E-state index is 13.9. The van der Waals surface area contributed by atoms with Crippen LogP contribution in [-0.2, 0) is 11.2 Å². The van der Waals surface area contributed by atoms with Gasteiger partial charge in [0.1, 0.15) is 11.4 Å². The van der Waals surface area contributed by atoms with E-state index in [2.05, 4.69) is 5.32 Å². The second-order valence-electron chi connectivity index (χ2n) is 5.70. The molecule has 4 nitrogen and oxygen atoms in total. The maximum Gasteiger partial charge on any atom is 0.352 e. The number of benzene rings is 1. The third-order valence-electron chi connectivity index (χ3n) is 3.91. The van der Waals surface area contributed by atoms with Gasteiger partial charge in [0.2, 0.25) is 0 Å². The van der Waals surface area contributed by atoms with Gasteiger partial charge in [0.15, 0.2) is 0 Å². The molecule has 21 heavy (non-hydrogen) atoms. The van der Waals surface area contributed by atoms with Gasteiger partial charge in [-0.05, 0) is 50.3 Å². The Kier molecular flexibility index (Phi) is 4.18. The molecular weight excluding hydrogens is 280 g/mol. The van der Waals surface area contributed by atoms with Gasteiger partial charge in [-0.25, -0.2) is 0 Å². The average Bonchev–Trinajstić information content (AvgIpc) is 2.38. The molecule has 1 saturated carbocycles. The van der Waals surface area contributed by atoms with Crippen molar-refractivity contribution < 1.29 is 23.8 Å². The molecule has 6 heteroatoms. The summed E-state index contributed by atoms with van der Waals surface area (Å²) in [4.78, 5) is 11.7. The molecule has 1 amide bonds. The predicted molar refractivity (Wildman–Crippen MR) is 73.2 cm³/mol. The van der Waals surface area contributed by atoms with Crippen molar-refractivity contribution in [1.82, 2.24) is 5.32 Å². The van der Waals surface area contributed by atoms with Gasteiger partial charge >= 0.3 is 5.92 Å². The van der Waals surface area contributed by atoms with Crippen molar-refractivity contribution in [2.75, 3.05) is 0 Å². The number of aliphatic hydroxyl groups is 1. The van der Waals surface area contributed by atoms with Gasteiger partial charge < -0.3 is 15.5 Å². The smallest absolute Gasteiger partial charge is 0.352 e. The summed E-state index contributed by atoms with van der Waals surface area (Å²) >= 11 is 0. The highest BCUT2D eigenvalue weighted by atomic mass is 19.3. The van der Waals surface area contributed by atoms with Crippen LogP contribution in [0.5, 0.6) is 5.75 Å². The van der Waals surface area contributed by atoms with Crippen molar-refractivity contribution in [3.63, 3.8) is 0 Å². The number of hydrogen-bond acceptors (Lipinski definition) is 3. The first-order valence-corrected chi connectivity index (χ1v) is 6.94. The summed E-state index contributed by atoms with van der Waals surface area (Å²) < 4.78 is 27.8. The van der Waals surface area contributed by atoms with E-state index in [1.54, 1.807) is 19.1 Å². The molecule has 116 valence electrons. The summed E-state index contributed by atoms with van der Waals surface area (Å²) in [6.45, 7) is 1.62. The monoisotopic (exact) mass is 299 g/mol. The molecule has 0 radical (unpaired) electrons. The minimum atomic E-state index is -3.77. The normalized spacial score (nSPS) is 18.7. The number of carbonyl (C=O) groups excluding carboxylic acids is 1. The van der Waals surface area contributed by atoms with Crippen molar-refractivity contribution in [2.24, 2.45) is 0 Å². The topological polar surface area (TPSA) is 69.6 Å². The quantitative estimate of drug-likeness (QED) is 0.779. The molecule has 1 fully saturated rings. The van der Waals surface area contributed by atoms with E-state index in [-0.39, 0.29) is 18.6 Å². The minimum absolute atomic E-state index is 0.0558. The number of nitrogens with one attached hydrogen (secondary N) is 1. The van der Waals surface area contributed by atoms with E-state index >= 15 is 0 Å². The van der Waals surface area contributed by atoms with E-state index < -0.39 is 23.5 Å². The maximum absolute atomic E-state index is 13.9. The third kappa shape index (κ3) is 3.15. The summed E-state index contributed by atoms with van der Waals surface area (Å²) in [6.07, 6.45) is 0.752. The molecule has 0 aliphatic heterocycles. The number of aromatic hydroxyl groups is 1. The fourth-order valence-corrected chi connectivity index (χ4v) is 2.39. The van der Waals surface area contributed by atoms with E-state index in [0.717, 1.165) is 5.56 Å². The van der Waals surface area contributed by atoms with Crippen molar-refractivity contribution in [3.8, 4) is 5.75 Å². The summed E-state index contributed by atoms with van der Waals surface area (Å²) in [6, 6.07) is 5.81. The molecule has 1 atom stereocenters. The zero-order chi connectivity index (χ0) is 15.7. The standard InChI is InChI=1S/C15H19F2NO3/c1-10(9-11-3-5-12(19)6-4-11)18-13(20)15(16,17)14(21)7-2-8-14/h3-6,10,19,21H,2,7-9H2,1H3,(H,18,20). The Hall–Kier alpha value is -1.69. The van der Waals surface area contributed by atoms with Crippen LogP contribution in [0.4, 0.5) is 8.78 Å². The molecule has 2 rings (SSSR count). The van der Waals surface area contributed by atoms with Crippen LogP contribution in [0.25, 0.3) is 0 Å². The highest BCUT2D eigenvalue weighted by Crippen LogP contribution is 2.44. The molecule has 0 heterocycles. The number of alkyl halides is 2. The van der Waals surface area contributed by atoms with Crippen LogP contribution in [0.1, 0.15) is 31.7 Å². The van der Waals surface area contributed by atoms with Gasteiger partial charge in [-0.15, -0.1) is 0 Å². The molecular formula is C15H19F2NO3. The van der Waals surface area contributed by atoms with Crippen LogP contribution in [0.15, 0.2) is 24.3 Å². The summed E-state index contributed by atoms with van der Waals surface area (Å²) in [5, 5.41) is 21.1. The average molecular weight is 299 g/mol. The molecule has 1 aliphatic rings. The molecule has 0 saturated heterocycles. The molecule has 0 bridgehead atoms. The fraction of sp³-hybridized carbons (Fsp3) is 0.533. The Labute approximate surface area is 121 Å². The van der Waals surface area contributed by atoms with Crippen molar-refractivity contribution in [2.45, 2.75) is 50.2 Å². The number of phenolic OH excluding ortho intramolecular Hbond substituents is 1. The summed E-state index contributed by atoms with van der Waals surface area (Å²) in [5.74, 6) is -5.08. The molecule has 0 spiro atoms. The Morgan fingerprint density at radius 2 is 1.95 bits per heavy atom. The lowest BCUT2D eigenvalue weighted by Crippen LogP contribution is -2.61. The lowest BCUT2D eigenvalue weighted by Gasteiger charge is -2.41. The fourth-order valence-electron chi connectivity index (χ4n) is 2.39. The van der Waals surface area contributed by atoms with Crippen molar-refractivity contribution in [3.05, 3.63) is 29.8 Å². The molecule has 3 N–H and O–H groups in total. The van der Waals surface area contributed by atoms with Gasteiger partial charge in [-0.2, -0.15) is 8.78 Å². The highest BCUT2D eigenvalue weighted by Gasteiger charge is 2.61. The number of carbonyl (C=O) groups is 1. The molecule has 0 aromatic heterocycles. The van der Waals surface area contributed by atoms with Crippen LogP contribution < -0.4 is 5.32 Å². The number of phenols is 1. The summed E-state index contributed by atoms with van der Waals surface area (Å²) in [5.41, 5.74) is -1.39. The molecule has 1 aromatic rings. The van der Waals surface area contributed by atoms with Gasteiger partial charge in [0, 0.05) is 6.04 Å². The van der Waals surface area contributed by atoms with Gasteiger partial charge in [-0.3, -0.25) is 4.79 Å². The SMILES string of the molecule is CC(Cc1ccc(O)cc1)NC(=O)C(F)(F)C1(O)CCC1. The largest absolute Gasteiger partial charge is 0.508 e. The zero-order valence-electron chi connectivity index (χ0n) is 11.8. The second-order valence-corrected chi connectivity index (χ2v) is 5.70. The van der Waals surface area contributed by atoms with E-state index in [1.165, 1.54) is 12.1 Å². The van der Waals surface area contributed by atoms with E-state index in [0.29, 0.717) is 12.8 Å². The van der Waals surface area contributed by atoms with Crippen LogP contribution in [0.3, 0.4) is 0 Å². The number of amides is 1. The molecule has 1 aromatic carbocycles. The van der Waals surface area contributed by atoms with Crippen LogP contribution in [0.2, 0.25) is 0 Å². The Morgan fingerprint density at radius 3 is 2.43 bits per heavy atom. The van der Waals surface area contributed by atoms with Crippen LogP contribution in [-0.4, -0.2) is 33.7 Å².